The number of carbonyl (C=O) groups is 2. The molecule has 0 saturated heterocycles. The van der Waals surface area contributed by atoms with Crippen LogP contribution in [0.4, 0.5) is 10.1 Å². The Hall–Kier alpha value is -3.16. The molecule has 1 heterocycles. The molecule has 0 aromatic heterocycles. The number of halogens is 1. The Bertz CT molecular complexity index is 1100. The van der Waals surface area contributed by atoms with E-state index in [-0.39, 0.29) is 23.8 Å². The zero-order valence-electron chi connectivity index (χ0n) is 15.5. The van der Waals surface area contributed by atoms with Crippen LogP contribution in [0.15, 0.2) is 76.5 Å². The maximum atomic E-state index is 13.2. The number of carbonyl (C=O) groups excluding carboxylic acids is 2. The first kappa shape index (κ1) is 19.2. The summed E-state index contributed by atoms with van der Waals surface area (Å²) in [6, 6.07) is 17.5. The highest BCUT2D eigenvalue weighted by Gasteiger charge is 2.36. The largest absolute Gasteiger partial charge is 0.606 e. The molecular weight excluding hydrogens is 391 g/mol. The molecule has 1 unspecified atom stereocenters. The van der Waals surface area contributed by atoms with E-state index in [0.717, 1.165) is 5.56 Å². The van der Waals surface area contributed by atoms with Gasteiger partial charge in [-0.05, 0) is 42.0 Å². The Balaban J connectivity index is 1.70. The molecule has 0 fully saturated rings. The number of para-hydroxylation sites is 1. The van der Waals surface area contributed by atoms with Crippen molar-refractivity contribution in [2.75, 3.05) is 11.9 Å². The van der Waals surface area contributed by atoms with Crippen LogP contribution in [0.3, 0.4) is 0 Å². The molecule has 0 spiro atoms. The Morgan fingerprint density at radius 2 is 1.72 bits per heavy atom. The summed E-state index contributed by atoms with van der Waals surface area (Å²) in [6.07, 6.45) is 0. The third-order valence-electron chi connectivity index (χ3n) is 4.77. The standard InChI is InChI=1S/C22H17FN2O3S/c1-25-20-17(21(26)24-13-14-9-11-15(23)12-10-14)6-4-8-19(20)29(28)18-7-3-2-5-16(18)22(25)27/h2-12H,13H2,1H3,(H,24,26). The fourth-order valence-corrected chi connectivity index (χ4v) is 4.71. The highest BCUT2D eigenvalue weighted by molar-refractivity contribution is 7.91. The zero-order chi connectivity index (χ0) is 20.5. The molecule has 1 aliphatic rings. The third-order valence-corrected chi connectivity index (χ3v) is 6.25. The van der Waals surface area contributed by atoms with E-state index < -0.39 is 17.1 Å². The summed E-state index contributed by atoms with van der Waals surface area (Å²) in [5, 5.41) is 2.78. The predicted octanol–water partition coefficient (Wildman–Crippen LogP) is 3.51. The third kappa shape index (κ3) is 3.50. The van der Waals surface area contributed by atoms with Crippen molar-refractivity contribution >= 4 is 28.7 Å². The van der Waals surface area contributed by atoms with Gasteiger partial charge in [-0.15, -0.1) is 0 Å². The fraction of sp³-hybridized carbons (Fsp3) is 0.0909. The number of hydrogen-bond acceptors (Lipinski definition) is 3. The van der Waals surface area contributed by atoms with Crippen LogP contribution in [0, 0.1) is 5.82 Å². The molecule has 29 heavy (non-hydrogen) atoms. The molecule has 5 nitrogen and oxygen atoms in total. The van der Waals surface area contributed by atoms with Crippen molar-refractivity contribution in [1.82, 2.24) is 5.32 Å². The van der Waals surface area contributed by atoms with Crippen LogP contribution in [0.2, 0.25) is 0 Å². The summed E-state index contributed by atoms with van der Waals surface area (Å²) in [5.74, 6) is -1.09. The molecule has 0 bridgehead atoms. The van der Waals surface area contributed by atoms with Gasteiger partial charge in [0.2, 0.25) is 0 Å². The van der Waals surface area contributed by atoms with Gasteiger partial charge in [-0.25, -0.2) is 4.39 Å². The summed E-state index contributed by atoms with van der Waals surface area (Å²) in [4.78, 5) is 28.0. The lowest BCUT2D eigenvalue weighted by Crippen LogP contribution is -2.30. The van der Waals surface area contributed by atoms with Crippen LogP contribution in [0.5, 0.6) is 0 Å². The molecular formula is C22H17FN2O3S. The molecule has 0 saturated carbocycles. The van der Waals surface area contributed by atoms with Crippen molar-refractivity contribution in [3.63, 3.8) is 0 Å². The van der Waals surface area contributed by atoms with Gasteiger partial charge in [0.05, 0.1) is 11.1 Å². The normalized spacial score (nSPS) is 15.3. The first-order valence-electron chi connectivity index (χ1n) is 8.92. The fourth-order valence-electron chi connectivity index (χ4n) is 3.29. The molecule has 4 rings (SSSR count). The summed E-state index contributed by atoms with van der Waals surface area (Å²) in [6.45, 7) is 0.198. The highest BCUT2D eigenvalue weighted by Crippen LogP contribution is 2.38. The summed E-state index contributed by atoms with van der Waals surface area (Å²) in [5.41, 5.74) is 1.66. The van der Waals surface area contributed by atoms with E-state index in [2.05, 4.69) is 5.32 Å². The number of fused-ring (bicyclic) bond motifs is 2. The molecule has 0 aliphatic carbocycles. The van der Waals surface area contributed by atoms with Gasteiger partial charge in [0.15, 0.2) is 9.79 Å². The van der Waals surface area contributed by atoms with Gasteiger partial charge in [-0.3, -0.25) is 9.59 Å². The first-order chi connectivity index (χ1) is 14.0. The van der Waals surface area contributed by atoms with Crippen molar-refractivity contribution in [3.05, 3.63) is 89.2 Å². The molecule has 146 valence electrons. The van der Waals surface area contributed by atoms with E-state index in [9.17, 15) is 18.5 Å². The lowest BCUT2D eigenvalue weighted by Gasteiger charge is -2.20. The average Bonchev–Trinajstić information content (AvgIpc) is 2.83. The van der Waals surface area contributed by atoms with E-state index in [1.807, 2.05) is 0 Å². The number of hydrogen-bond donors (Lipinski definition) is 1. The minimum Gasteiger partial charge on any atom is -0.606 e. The quantitative estimate of drug-likeness (QED) is 0.674. The van der Waals surface area contributed by atoms with E-state index in [1.54, 1.807) is 61.6 Å². The van der Waals surface area contributed by atoms with E-state index in [1.165, 1.54) is 17.0 Å². The minimum atomic E-state index is -1.60. The molecule has 0 radical (unpaired) electrons. The number of rotatable bonds is 3. The van der Waals surface area contributed by atoms with Crippen LogP contribution in [0.25, 0.3) is 0 Å². The van der Waals surface area contributed by atoms with Crippen LogP contribution < -0.4 is 10.2 Å². The number of amides is 2. The summed E-state index contributed by atoms with van der Waals surface area (Å²) >= 11 is -1.60. The topological polar surface area (TPSA) is 72.5 Å². The van der Waals surface area contributed by atoms with Gasteiger partial charge in [0.1, 0.15) is 11.5 Å². The van der Waals surface area contributed by atoms with Crippen LogP contribution >= 0.6 is 0 Å². The SMILES string of the molecule is CN1C(=O)c2ccccc2[S+]([O-])c2cccc(C(=O)NCc3ccc(F)cc3)c21. The lowest BCUT2D eigenvalue weighted by molar-refractivity contribution is 0.0951. The molecule has 7 heteroatoms. The number of nitrogens with zero attached hydrogens (tertiary/aromatic N) is 1. The second-order valence-electron chi connectivity index (χ2n) is 6.59. The van der Waals surface area contributed by atoms with E-state index >= 15 is 0 Å². The molecule has 3 aromatic rings. The zero-order valence-corrected chi connectivity index (χ0v) is 16.3. The Labute approximate surface area is 170 Å². The van der Waals surface area contributed by atoms with Gasteiger partial charge < -0.3 is 14.8 Å². The maximum Gasteiger partial charge on any atom is 0.263 e. The van der Waals surface area contributed by atoms with Gasteiger partial charge >= 0.3 is 0 Å². The monoisotopic (exact) mass is 408 g/mol. The van der Waals surface area contributed by atoms with E-state index in [0.29, 0.717) is 21.0 Å². The molecule has 1 aliphatic heterocycles. The average molecular weight is 408 g/mol. The van der Waals surface area contributed by atoms with Gasteiger partial charge in [-0.2, -0.15) is 0 Å². The van der Waals surface area contributed by atoms with Gasteiger partial charge in [-0.1, -0.05) is 30.3 Å². The lowest BCUT2D eigenvalue weighted by atomic mass is 10.1. The van der Waals surface area contributed by atoms with Crippen molar-refractivity contribution in [2.24, 2.45) is 0 Å². The Morgan fingerprint density at radius 3 is 2.48 bits per heavy atom. The molecule has 1 N–H and O–H groups in total. The van der Waals surface area contributed by atoms with Crippen LogP contribution in [0.1, 0.15) is 26.3 Å². The molecule has 1 atom stereocenters. The molecule has 2 amide bonds. The van der Waals surface area contributed by atoms with Crippen LogP contribution in [-0.4, -0.2) is 23.4 Å². The Morgan fingerprint density at radius 1 is 1.03 bits per heavy atom. The summed E-state index contributed by atoms with van der Waals surface area (Å²) < 4.78 is 26.2. The first-order valence-corrected chi connectivity index (χ1v) is 10.1. The number of nitrogens with one attached hydrogen (secondary N) is 1. The van der Waals surface area contributed by atoms with E-state index in [4.69, 9.17) is 0 Å². The van der Waals surface area contributed by atoms with Crippen molar-refractivity contribution in [2.45, 2.75) is 16.3 Å². The van der Waals surface area contributed by atoms with Crippen LogP contribution in [-0.2, 0) is 17.7 Å². The second-order valence-corrected chi connectivity index (χ2v) is 8.01. The maximum absolute atomic E-state index is 13.2. The second kappa shape index (κ2) is 7.69. The summed E-state index contributed by atoms with van der Waals surface area (Å²) in [7, 11) is 1.57. The Kier molecular flexibility index (Phi) is 5.08. The van der Waals surface area contributed by atoms with Crippen molar-refractivity contribution in [3.8, 4) is 0 Å². The number of benzene rings is 3. The predicted molar refractivity (Wildman–Crippen MR) is 108 cm³/mol. The highest BCUT2D eigenvalue weighted by atomic mass is 32.2. The molecule has 3 aromatic carbocycles. The van der Waals surface area contributed by atoms with Crippen molar-refractivity contribution < 1.29 is 18.5 Å². The van der Waals surface area contributed by atoms with Gasteiger partial charge in [0, 0.05) is 24.8 Å². The smallest absolute Gasteiger partial charge is 0.263 e. The number of anilines is 1. The minimum absolute atomic E-state index is 0.198. The van der Waals surface area contributed by atoms with Gasteiger partial charge in [0.25, 0.3) is 11.8 Å². The van der Waals surface area contributed by atoms with Crippen molar-refractivity contribution in [1.29, 1.82) is 0 Å².